The molecular formula is C6H11ClO. The minimum absolute atomic E-state index is 0.214. The topological polar surface area (TPSA) is 20.2 Å². The van der Waals surface area contributed by atoms with E-state index in [9.17, 15) is 0 Å². The van der Waals surface area contributed by atoms with E-state index in [0.717, 1.165) is 19.1 Å². The van der Waals surface area contributed by atoms with Gasteiger partial charge in [0.25, 0.3) is 0 Å². The Kier molecular flexibility index (Phi) is 4.87. The fraction of sp³-hybridized carbons (Fsp3) is 0.667. The second-order valence-electron chi connectivity index (χ2n) is 1.74. The lowest BCUT2D eigenvalue weighted by Crippen LogP contribution is -1.86. The fourth-order valence-corrected chi connectivity index (χ4v) is 0.526. The third kappa shape index (κ3) is 5.83. The van der Waals surface area contributed by atoms with Gasteiger partial charge in [-0.05, 0) is 19.8 Å². The number of allylic oxidation sites excluding steroid dienone is 1. The highest BCUT2D eigenvalue weighted by atomic mass is 35.5. The molecule has 8 heavy (non-hydrogen) atoms. The Labute approximate surface area is 55.0 Å². The maximum atomic E-state index is 8.16. The van der Waals surface area contributed by atoms with Crippen LogP contribution < -0.4 is 0 Å². The van der Waals surface area contributed by atoms with Crippen molar-refractivity contribution in [3.63, 3.8) is 0 Å². The van der Waals surface area contributed by atoms with E-state index in [-0.39, 0.29) is 5.38 Å². The quantitative estimate of drug-likeness (QED) is 0.465. The fourth-order valence-electron chi connectivity index (χ4n) is 0.400. The number of rotatable bonds is 3. The minimum Gasteiger partial charge on any atom is -0.516 e. The van der Waals surface area contributed by atoms with Gasteiger partial charge in [0, 0.05) is 5.38 Å². The van der Waals surface area contributed by atoms with E-state index in [1.54, 1.807) is 6.08 Å². The molecule has 1 atom stereocenters. The second kappa shape index (κ2) is 4.98. The molecule has 0 heterocycles. The normalized spacial score (nSPS) is 14.8. The molecule has 0 aromatic rings. The molecule has 0 aliphatic rings. The monoisotopic (exact) mass is 134 g/mol. The lowest BCUT2D eigenvalue weighted by atomic mass is 10.2. The van der Waals surface area contributed by atoms with Crippen molar-refractivity contribution in [3.8, 4) is 0 Å². The molecule has 0 aromatic carbocycles. The first kappa shape index (κ1) is 7.83. The van der Waals surface area contributed by atoms with E-state index >= 15 is 0 Å². The van der Waals surface area contributed by atoms with Gasteiger partial charge in [0.15, 0.2) is 0 Å². The van der Waals surface area contributed by atoms with Crippen molar-refractivity contribution < 1.29 is 5.11 Å². The van der Waals surface area contributed by atoms with Crippen LogP contribution in [0.15, 0.2) is 12.3 Å². The number of hydrogen-bond acceptors (Lipinski definition) is 1. The Balaban J connectivity index is 2.93. The molecule has 1 nitrogen and oxygen atoms in total. The summed E-state index contributed by atoms with van der Waals surface area (Å²) in [4.78, 5) is 0. The lowest BCUT2D eigenvalue weighted by molar-refractivity contribution is 0.470. The van der Waals surface area contributed by atoms with Gasteiger partial charge in [-0.2, -0.15) is 0 Å². The van der Waals surface area contributed by atoms with Gasteiger partial charge in [0.05, 0.1) is 6.26 Å². The van der Waals surface area contributed by atoms with Crippen LogP contribution in [0.3, 0.4) is 0 Å². The summed E-state index contributed by atoms with van der Waals surface area (Å²) in [5, 5.41) is 8.37. The second-order valence-corrected chi connectivity index (χ2v) is 2.49. The van der Waals surface area contributed by atoms with Crippen molar-refractivity contribution in [2.45, 2.75) is 25.1 Å². The summed E-state index contributed by atoms with van der Waals surface area (Å²) in [7, 11) is 0. The van der Waals surface area contributed by atoms with E-state index in [4.69, 9.17) is 16.7 Å². The molecule has 1 unspecified atom stereocenters. The van der Waals surface area contributed by atoms with Gasteiger partial charge in [-0.3, -0.25) is 0 Å². The standard InChI is InChI=1S/C6H11ClO/c1-6(7)4-2-3-5-8/h3,5-6,8H,2,4H2,1H3/b5-3+. The van der Waals surface area contributed by atoms with Gasteiger partial charge in [-0.25, -0.2) is 0 Å². The number of alkyl halides is 1. The molecule has 0 bridgehead atoms. The Morgan fingerprint density at radius 3 is 2.75 bits per heavy atom. The molecule has 0 spiro atoms. The number of aliphatic hydroxyl groups excluding tert-OH is 1. The van der Waals surface area contributed by atoms with Crippen molar-refractivity contribution in [3.05, 3.63) is 12.3 Å². The summed E-state index contributed by atoms with van der Waals surface area (Å²) < 4.78 is 0. The minimum atomic E-state index is 0.214. The molecule has 1 N–H and O–H groups in total. The highest BCUT2D eigenvalue weighted by Gasteiger charge is 1.90. The number of hydrogen-bond donors (Lipinski definition) is 1. The van der Waals surface area contributed by atoms with E-state index in [1.807, 2.05) is 6.92 Å². The molecule has 0 fully saturated rings. The van der Waals surface area contributed by atoms with Crippen LogP contribution in [0.4, 0.5) is 0 Å². The third-order valence-electron chi connectivity index (χ3n) is 0.837. The van der Waals surface area contributed by atoms with Crippen molar-refractivity contribution in [2.24, 2.45) is 0 Å². The Hall–Kier alpha value is -0.170. The molecule has 0 aromatic heterocycles. The highest BCUT2D eigenvalue weighted by molar-refractivity contribution is 6.20. The van der Waals surface area contributed by atoms with Crippen LogP contribution in [-0.2, 0) is 0 Å². The van der Waals surface area contributed by atoms with Crippen LogP contribution in [0.25, 0.3) is 0 Å². The average molecular weight is 135 g/mol. The van der Waals surface area contributed by atoms with E-state index < -0.39 is 0 Å². The summed E-state index contributed by atoms with van der Waals surface area (Å²) in [6.07, 6.45) is 4.54. The summed E-state index contributed by atoms with van der Waals surface area (Å²) in [6, 6.07) is 0. The molecule has 2 heteroatoms. The molecule has 48 valence electrons. The van der Waals surface area contributed by atoms with Crippen LogP contribution in [-0.4, -0.2) is 10.5 Å². The zero-order valence-electron chi connectivity index (χ0n) is 4.97. The first-order valence-electron chi connectivity index (χ1n) is 2.70. The van der Waals surface area contributed by atoms with Crippen LogP contribution >= 0.6 is 11.6 Å². The first-order chi connectivity index (χ1) is 3.77. The number of halogens is 1. The summed E-state index contributed by atoms with van der Waals surface area (Å²) in [5.74, 6) is 0. The number of aliphatic hydroxyl groups is 1. The van der Waals surface area contributed by atoms with Crippen LogP contribution in [0.1, 0.15) is 19.8 Å². The smallest absolute Gasteiger partial charge is 0.0751 e. The van der Waals surface area contributed by atoms with Gasteiger partial charge in [-0.1, -0.05) is 6.08 Å². The van der Waals surface area contributed by atoms with Gasteiger partial charge in [-0.15, -0.1) is 11.6 Å². The van der Waals surface area contributed by atoms with E-state index in [0.29, 0.717) is 0 Å². The summed E-state index contributed by atoms with van der Waals surface area (Å²) in [5.41, 5.74) is 0. The zero-order valence-corrected chi connectivity index (χ0v) is 5.73. The van der Waals surface area contributed by atoms with E-state index in [1.165, 1.54) is 0 Å². The van der Waals surface area contributed by atoms with Gasteiger partial charge >= 0.3 is 0 Å². The first-order valence-corrected chi connectivity index (χ1v) is 3.14. The van der Waals surface area contributed by atoms with E-state index in [2.05, 4.69) is 0 Å². The SMILES string of the molecule is CC(Cl)CC/C=C/O. The molecule has 0 amide bonds. The molecule has 0 radical (unpaired) electrons. The van der Waals surface area contributed by atoms with Crippen LogP contribution in [0, 0.1) is 0 Å². The summed E-state index contributed by atoms with van der Waals surface area (Å²) in [6.45, 7) is 1.94. The Morgan fingerprint density at radius 2 is 2.38 bits per heavy atom. The molecular weight excluding hydrogens is 124 g/mol. The summed E-state index contributed by atoms with van der Waals surface area (Å²) >= 11 is 5.60. The van der Waals surface area contributed by atoms with Gasteiger partial charge in [0.1, 0.15) is 0 Å². The highest BCUT2D eigenvalue weighted by Crippen LogP contribution is 2.03. The van der Waals surface area contributed by atoms with Crippen LogP contribution in [0.2, 0.25) is 0 Å². The average Bonchev–Trinajstić information content (AvgIpc) is 1.66. The van der Waals surface area contributed by atoms with Gasteiger partial charge in [0.2, 0.25) is 0 Å². The molecule has 0 rings (SSSR count). The van der Waals surface area contributed by atoms with Gasteiger partial charge < -0.3 is 5.11 Å². The Morgan fingerprint density at radius 1 is 1.75 bits per heavy atom. The molecule has 0 saturated carbocycles. The molecule has 0 aliphatic carbocycles. The molecule has 0 saturated heterocycles. The largest absolute Gasteiger partial charge is 0.516 e. The predicted octanol–water partition coefficient (Wildman–Crippen LogP) is 2.47. The predicted molar refractivity (Wildman–Crippen MR) is 36.3 cm³/mol. The van der Waals surface area contributed by atoms with Crippen molar-refractivity contribution in [1.29, 1.82) is 0 Å². The van der Waals surface area contributed by atoms with Crippen molar-refractivity contribution >= 4 is 11.6 Å². The van der Waals surface area contributed by atoms with Crippen molar-refractivity contribution in [2.75, 3.05) is 0 Å². The van der Waals surface area contributed by atoms with Crippen LogP contribution in [0.5, 0.6) is 0 Å². The maximum absolute atomic E-state index is 8.16. The maximum Gasteiger partial charge on any atom is 0.0751 e. The Bertz CT molecular complexity index is 68.9. The lowest BCUT2D eigenvalue weighted by Gasteiger charge is -1.94. The third-order valence-corrected chi connectivity index (χ3v) is 1.05. The van der Waals surface area contributed by atoms with Crippen molar-refractivity contribution in [1.82, 2.24) is 0 Å². The zero-order chi connectivity index (χ0) is 6.41. The molecule has 0 aliphatic heterocycles.